The number of hydrogen-bond acceptors (Lipinski definition) is 5. The molecule has 4 rings (SSSR count). The number of ether oxygens (including phenoxy) is 1. The standard InChI is InChI=1S/C19H17Br3N2O5/c20-8-1-3-9(4-2-8)23-12(25)7-29-13(26)6-24-18(27)14-10-5-11(15(14)19(24)28)17(22)16(10)21/h1-4,10-11,14-17H,5-7H2,(H,23,25)/t10-,11-,14-,15-,16-,17+/m1/s1. The molecule has 3 amide bonds. The second-order valence-electron chi connectivity index (χ2n) is 7.48. The monoisotopic (exact) mass is 590 g/mol. The molecule has 10 heteroatoms. The van der Waals surface area contributed by atoms with Gasteiger partial charge in [-0.05, 0) is 42.5 Å². The Morgan fingerprint density at radius 3 is 2.14 bits per heavy atom. The molecule has 29 heavy (non-hydrogen) atoms. The molecule has 0 unspecified atom stereocenters. The summed E-state index contributed by atoms with van der Waals surface area (Å²) in [7, 11) is 0. The Morgan fingerprint density at radius 2 is 1.59 bits per heavy atom. The van der Waals surface area contributed by atoms with Crippen LogP contribution in [-0.4, -0.2) is 51.4 Å². The fourth-order valence-electron chi connectivity index (χ4n) is 4.62. The summed E-state index contributed by atoms with van der Waals surface area (Å²) in [5.74, 6) is -2.49. The number of hydrogen-bond donors (Lipinski definition) is 1. The summed E-state index contributed by atoms with van der Waals surface area (Å²) in [6.45, 7) is -0.953. The van der Waals surface area contributed by atoms with Crippen LogP contribution in [0.3, 0.4) is 0 Å². The van der Waals surface area contributed by atoms with Crippen LogP contribution in [0.1, 0.15) is 6.42 Å². The van der Waals surface area contributed by atoms with Crippen LogP contribution in [0, 0.1) is 23.7 Å². The van der Waals surface area contributed by atoms with E-state index in [4.69, 9.17) is 4.74 Å². The molecular weight excluding hydrogens is 576 g/mol. The Labute approximate surface area is 192 Å². The van der Waals surface area contributed by atoms with Gasteiger partial charge in [0, 0.05) is 19.8 Å². The molecule has 7 nitrogen and oxygen atoms in total. The van der Waals surface area contributed by atoms with Crippen LogP contribution in [-0.2, 0) is 23.9 Å². The van der Waals surface area contributed by atoms with E-state index in [-0.39, 0.29) is 45.1 Å². The molecule has 0 spiro atoms. The number of nitrogens with one attached hydrogen (secondary N) is 1. The van der Waals surface area contributed by atoms with Gasteiger partial charge in [0.15, 0.2) is 6.61 Å². The van der Waals surface area contributed by atoms with Gasteiger partial charge in [-0.15, -0.1) is 0 Å². The van der Waals surface area contributed by atoms with Crippen molar-refractivity contribution in [3.63, 3.8) is 0 Å². The zero-order chi connectivity index (χ0) is 20.9. The first-order valence-corrected chi connectivity index (χ1v) is 11.7. The molecule has 2 saturated carbocycles. The lowest BCUT2D eigenvalue weighted by Gasteiger charge is -2.28. The fourth-order valence-corrected chi connectivity index (χ4v) is 6.76. The lowest BCUT2D eigenvalue weighted by Crippen LogP contribution is -2.38. The molecular formula is C19H17Br3N2O5. The quantitative estimate of drug-likeness (QED) is 0.323. The van der Waals surface area contributed by atoms with Gasteiger partial charge in [-0.3, -0.25) is 24.1 Å². The predicted molar refractivity (Wildman–Crippen MR) is 114 cm³/mol. The van der Waals surface area contributed by atoms with Crippen molar-refractivity contribution >= 4 is 77.2 Å². The Morgan fingerprint density at radius 1 is 1.03 bits per heavy atom. The highest BCUT2D eigenvalue weighted by atomic mass is 79.9. The van der Waals surface area contributed by atoms with Crippen molar-refractivity contribution in [2.75, 3.05) is 18.5 Å². The number of imide groups is 1. The smallest absolute Gasteiger partial charge is 0.326 e. The van der Waals surface area contributed by atoms with E-state index < -0.39 is 25.0 Å². The maximum Gasteiger partial charge on any atom is 0.326 e. The highest BCUT2D eigenvalue weighted by Gasteiger charge is 2.66. The van der Waals surface area contributed by atoms with Crippen molar-refractivity contribution in [1.29, 1.82) is 0 Å². The van der Waals surface area contributed by atoms with Gasteiger partial charge in [0.05, 0.1) is 11.8 Å². The predicted octanol–water partition coefficient (Wildman–Crippen LogP) is 2.71. The van der Waals surface area contributed by atoms with Crippen LogP contribution in [0.5, 0.6) is 0 Å². The number of fused-ring (bicyclic) bond motifs is 5. The highest BCUT2D eigenvalue weighted by molar-refractivity contribution is 9.12. The molecule has 0 aromatic heterocycles. The number of likely N-dealkylation sites (tertiary alicyclic amines) is 1. The summed E-state index contributed by atoms with van der Waals surface area (Å²) in [6, 6.07) is 6.94. The van der Waals surface area contributed by atoms with Gasteiger partial charge < -0.3 is 10.1 Å². The van der Waals surface area contributed by atoms with E-state index in [9.17, 15) is 19.2 Å². The third-order valence-corrected chi connectivity index (χ3v) is 9.59. The number of esters is 1. The normalized spacial score (nSPS) is 32.4. The number of halogens is 3. The second kappa shape index (κ2) is 8.11. The molecule has 3 fully saturated rings. The van der Waals surface area contributed by atoms with E-state index in [1.807, 2.05) is 0 Å². The molecule has 1 heterocycles. The van der Waals surface area contributed by atoms with Crippen LogP contribution in [0.25, 0.3) is 0 Å². The molecule has 2 aliphatic carbocycles. The van der Waals surface area contributed by atoms with Crippen LogP contribution in [0.2, 0.25) is 0 Å². The van der Waals surface area contributed by atoms with E-state index in [0.29, 0.717) is 5.69 Å². The summed E-state index contributed by atoms with van der Waals surface area (Å²) >= 11 is 10.5. The van der Waals surface area contributed by atoms with Crippen molar-refractivity contribution < 1.29 is 23.9 Å². The topological polar surface area (TPSA) is 92.8 Å². The van der Waals surface area contributed by atoms with E-state index in [0.717, 1.165) is 15.8 Å². The average molecular weight is 593 g/mol. The van der Waals surface area contributed by atoms with Crippen molar-refractivity contribution in [3.05, 3.63) is 28.7 Å². The molecule has 1 aromatic rings. The maximum atomic E-state index is 12.8. The first-order chi connectivity index (χ1) is 13.8. The van der Waals surface area contributed by atoms with Crippen LogP contribution >= 0.6 is 47.8 Å². The van der Waals surface area contributed by atoms with Gasteiger partial charge in [-0.1, -0.05) is 47.8 Å². The molecule has 6 atom stereocenters. The summed E-state index contributed by atoms with van der Waals surface area (Å²) in [6.07, 6.45) is 0.827. The summed E-state index contributed by atoms with van der Waals surface area (Å²) in [5, 5.41) is 2.60. The van der Waals surface area contributed by atoms with E-state index in [2.05, 4.69) is 53.1 Å². The van der Waals surface area contributed by atoms with Crippen molar-refractivity contribution in [2.24, 2.45) is 23.7 Å². The molecule has 1 aromatic carbocycles. The Hall–Kier alpha value is -1.26. The van der Waals surface area contributed by atoms with Crippen LogP contribution in [0.4, 0.5) is 5.69 Å². The average Bonchev–Trinajstić information content (AvgIpc) is 3.29. The molecule has 3 aliphatic rings. The zero-order valence-corrected chi connectivity index (χ0v) is 19.8. The Kier molecular flexibility index (Phi) is 5.87. The molecule has 154 valence electrons. The third-order valence-electron chi connectivity index (χ3n) is 5.86. The van der Waals surface area contributed by atoms with E-state index in [1.54, 1.807) is 24.3 Å². The molecule has 0 radical (unpaired) electrons. The summed E-state index contributed by atoms with van der Waals surface area (Å²) in [4.78, 5) is 50.9. The van der Waals surface area contributed by atoms with Gasteiger partial charge in [0.25, 0.3) is 5.91 Å². The number of alkyl halides is 2. The number of amides is 3. The number of anilines is 1. The lowest BCUT2D eigenvalue weighted by molar-refractivity contribution is -0.154. The minimum absolute atomic E-state index is 0.0866. The van der Waals surface area contributed by atoms with Gasteiger partial charge in [-0.25, -0.2) is 0 Å². The molecule has 1 aliphatic heterocycles. The number of carbonyl (C=O) groups excluding carboxylic acids is 4. The number of carbonyl (C=O) groups is 4. The van der Waals surface area contributed by atoms with Crippen molar-refractivity contribution in [2.45, 2.75) is 16.1 Å². The summed E-state index contributed by atoms with van der Waals surface area (Å²) < 4.78 is 5.84. The van der Waals surface area contributed by atoms with Gasteiger partial charge in [-0.2, -0.15) is 0 Å². The Balaban J connectivity index is 1.31. The maximum absolute atomic E-state index is 12.8. The lowest BCUT2D eigenvalue weighted by atomic mass is 9.81. The third kappa shape index (κ3) is 3.79. The molecule has 1 saturated heterocycles. The molecule has 1 N–H and O–H groups in total. The molecule has 2 bridgehead atoms. The Bertz CT molecular complexity index is 845. The van der Waals surface area contributed by atoms with Gasteiger partial charge in [0.1, 0.15) is 6.54 Å². The van der Waals surface area contributed by atoms with Crippen LogP contribution in [0.15, 0.2) is 28.7 Å². The minimum Gasteiger partial charge on any atom is -0.454 e. The first kappa shape index (κ1) is 21.0. The summed E-state index contributed by atoms with van der Waals surface area (Å²) in [5.41, 5.74) is 0.566. The number of nitrogens with zero attached hydrogens (tertiary/aromatic N) is 1. The van der Waals surface area contributed by atoms with Crippen molar-refractivity contribution in [1.82, 2.24) is 4.90 Å². The van der Waals surface area contributed by atoms with Crippen molar-refractivity contribution in [3.8, 4) is 0 Å². The minimum atomic E-state index is -0.782. The fraction of sp³-hybridized carbons (Fsp3) is 0.474. The number of benzene rings is 1. The second-order valence-corrected chi connectivity index (χ2v) is 10.5. The van der Waals surface area contributed by atoms with E-state index >= 15 is 0 Å². The van der Waals surface area contributed by atoms with Gasteiger partial charge in [0.2, 0.25) is 11.8 Å². The number of rotatable bonds is 5. The van der Waals surface area contributed by atoms with Gasteiger partial charge >= 0.3 is 5.97 Å². The first-order valence-electron chi connectivity index (χ1n) is 9.12. The van der Waals surface area contributed by atoms with Crippen LogP contribution < -0.4 is 5.32 Å². The highest BCUT2D eigenvalue weighted by Crippen LogP contribution is 2.60. The largest absolute Gasteiger partial charge is 0.454 e. The SMILES string of the molecule is O=C(COC(=O)CN1C(=O)[C@@H]2[C@H]3C[C@@H]([C@@H](Br)[C@H]3Br)[C@H]2C1=O)Nc1ccc(Br)cc1. The van der Waals surface area contributed by atoms with E-state index in [1.165, 1.54) is 0 Å². The zero-order valence-electron chi connectivity index (χ0n) is 15.0.